The van der Waals surface area contributed by atoms with Crippen LogP contribution < -0.4 is 10.3 Å². The van der Waals surface area contributed by atoms with E-state index in [1.54, 1.807) is 0 Å². The highest BCUT2D eigenvalue weighted by molar-refractivity contribution is 14.1. The molecule has 0 aliphatic rings. The summed E-state index contributed by atoms with van der Waals surface area (Å²) >= 11 is 1.81. The molecule has 6 heteroatoms. The molecule has 1 heterocycles. The fraction of sp³-hybridized carbons (Fsp3) is 0.286. The van der Waals surface area contributed by atoms with Gasteiger partial charge in [-0.25, -0.2) is 8.78 Å². The number of hydrogen-bond acceptors (Lipinski definition) is 2. The van der Waals surface area contributed by atoms with Crippen LogP contribution in [-0.2, 0) is 0 Å². The first-order valence-electron chi connectivity index (χ1n) is 3.31. The lowest BCUT2D eigenvalue weighted by molar-refractivity contribution is 0.145. The summed E-state index contributed by atoms with van der Waals surface area (Å²) in [6.45, 7) is 0. The van der Waals surface area contributed by atoms with E-state index in [1.165, 1.54) is 13.2 Å². The maximum absolute atomic E-state index is 12.3. The van der Waals surface area contributed by atoms with Crippen molar-refractivity contribution in [1.82, 2.24) is 4.98 Å². The summed E-state index contributed by atoms with van der Waals surface area (Å²) < 4.78 is 29.7. The van der Waals surface area contributed by atoms with Gasteiger partial charge in [-0.3, -0.25) is 4.79 Å². The molecule has 0 aliphatic heterocycles. The van der Waals surface area contributed by atoms with Gasteiger partial charge >= 0.3 is 0 Å². The first kappa shape index (κ1) is 10.4. The van der Waals surface area contributed by atoms with Crippen molar-refractivity contribution in [2.45, 2.75) is 6.43 Å². The largest absolute Gasteiger partial charge is 0.496 e. The molecule has 0 amide bonds. The van der Waals surface area contributed by atoms with Crippen molar-refractivity contribution < 1.29 is 13.5 Å². The van der Waals surface area contributed by atoms with Gasteiger partial charge in [-0.15, -0.1) is 0 Å². The Morgan fingerprint density at radius 3 is 2.69 bits per heavy atom. The molecule has 13 heavy (non-hydrogen) atoms. The maximum Gasteiger partial charge on any atom is 0.272 e. The lowest BCUT2D eigenvalue weighted by atomic mass is 10.2. The standard InChI is InChI=1S/C7H6F2INO2/c1-13-3-2-4(10)11-7(12)5(3)6(8)9/h2,6H,1H3,(H,11,12). The van der Waals surface area contributed by atoms with Crippen LogP contribution in [0.25, 0.3) is 0 Å². The monoisotopic (exact) mass is 301 g/mol. The van der Waals surface area contributed by atoms with Crippen LogP contribution in [0.1, 0.15) is 12.0 Å². The van der Waals surface area contributed by atoms with E-state index in [1.807, 2.05) is 22.6 Å². The summed E-state index contributed by atoms with van der Waals surface area (Å²) in [6.07, 6.45) is -2.82. The molecular weight excluding hydrogens is 295 g/mol. The first-order valence-corrected chi connectivity index (χ1v) is 4.39. The normalized spacial score (nSPS) is 10.5. The number of ether oxygens (including phenoxy) is 1. The average molecular weight is 301 g/mol. The quantitative estimate of drug-likeness (QED) is 0.670. The molecule has 1 rings (SSSR count). The van der Waals surface area contributed by atoms with Crippen LogP contribution in [0.4, 0.5) is 8.78 Å². The van der Waals surface area contributed by atoms with Crippen molar-refractivity contribution in [2.24, 2.45) is 0 Å². The third-order valence-electron chi connectivity index (χ3n) is 1.44. The SMILES string of the molecule is COc1cc(I)[nH]c(=O)c1C(F)F. The van der Waals surface area contributed by atoms with E-state index in [9.17, 15) is 13.6 Å². The van der Waals surface area contributed by atoms with Gasteiger partial charge in [0.25, 0.3) is 12.0 Å². The number of pyridine rings is 1. The molecule has 1 aromatic rings. The Labute approximate surface area is 86.2 Å². The van der Waals surface area contributed by atoms with Crippen LogP contribution in [0.5, 0.6) is 5.75 Å². The number of aromatic amines is 1. The molecule has 0 unspecified atom stereocenters. The van der Waals surface area contributed by atoms with E-state index in [0.29, 0.717) is 3.70 Å². The summed E-state index contributed by atoms with van der Waals surface area (Å²) in [7, 11) is 1.25. The highest BCUT2D eigenvalue weighted by Gasteiger charge is 2.18. The number of aromatic nitrogens is 1. The van der Waals surface area contributed by atoms with Gasteiger partial charge in [0, 0.05) is 6.07 Å². The molecule has 0 atom stereocenters. The number of methoxy groups -OCH3 is 1. The number of halogens is 3. The Balaban J connectivity index is 3.39. The Bertz CT molecular complexity index is 364. The molecule has 72 valence electrons. The van der Waals surface area contributed by atoms with Crippen LogP contribution in [0.2, 0.25) is 0 Å². The third kappa shape index (κ3) is 2.17. The van der Waals surface area contributed by atoms with Crippen molar-refractivity contribution in [3.63, 3.8) is 0 Å². The zero-order valence-corrected chi connectivity index (χ0v) is 8.76. The van der Waals surface area contributed by atoms with Gasteiger partial charge in [-0.1, -0.05) is 0 Å². The topological polar surface area (TPSA) is 42.1 Å². The van der Waals surface area contributed by atoms with E-state index >= 15 is 0 Å². The van der Waals surface area contributed by atoms with Crippen LogP contribution >= 0.6 is 22.6 Å². The number of nitrogens with one attached hydrogen (secondary N) is 1. The Hall–Kier alpha value is -0.660. The molecule has 3 nitrogen and oxygen atoms in total. The van der Waals surface area contributed by atoms with Crippen molar-refractivity contribution in [2.75, 3.05) is 7.11 Å². The number of alkyl halides is 2. The van der Waals surface area contributed by atoms with Gasteiger partial charge in [0.1, 0.15) is 11.3 Å². The molecule has 0 saturated heterocycles. The maximum atomic E-state index is 12.3. The molecule has 1 N–H and O–H groups in total. The molecule has 0 bridgehead atoms. The molecule has 0 radical (unpaired) electrons. The summed E-state index contributed by atoms with van der Waals surface area (Å²) in [5, 5.41) is 0. The fourth-order valence-electron chi connectivity index (χ4n) is 0.892. The van der Waals surface area contributed by atoms with E-state index < -0.39 is 17.5 Å². The zero-order valence-electron chi connectivity index (χ0n) is 6.61. The second kappa shape index (κ2) is 4.03. The molecular formula is C7H6F2INO2. The summed E-state index contributed by atoms with van der Waals surface area (Å²) in [6, 6.07) is 1.35. The van der Waals surface area contributed by atoms with Gasteiger partial charge < -0.3 is 9.72 Å². The molecule has 0 aliphatic carbocycles. The van der Waals surface area contributed by atoms with Crippen molar-refractivity contribution >= 4 is 22.6 Å². The Morgan fingerprint density at radius 2 is 2.23 bits per heavy atom. The smallest absolute Gasteiger partial charge is 0.272 e. The van der Waals surface area contributed by atoms with E-state index in [2.05, 4.69) is 9.72 Å². The molecule has 0 fully saturated rings. The minimum atomic E-state index is -2.82. The van der Waals surface area contributed by atoms with E-state index in [-0.39, 0.29) is 5.75 Å². The van der Waals surface area contributed by atoms with Crippen molar-refractivity contribution in [3.05, 3.63) is 25.7 Å². The second-order valence-electron chi connectivity index (χ2n) is 2.23. The summed E-state index contributed by atoms with van der Waals surface area (Å²) in [5.41, 5.74) is -1.43. The first-order chi connectivity index (χ1) is 6.06. The lowest BCUT2D eigenvalue weighted by Crippen LogP contribution is -2.15. The van der Waals surface area contributed by atoms with Crippen LogP contribution in [-0.4, -0.2) is 12.1 Å². The third-order valence-corrected chi connectivity index (χ3v) is 2.02. The second-order valence-corrected chi connectivity index (χ2v) is 3.39. The molecule has 1 aromatic heterocycles. The molecule has 0 spiro atoms. The van der Waals surface area contributed by atoms with Gasteiger partial charge in [-0.2, -0.15) is 0 Å². The van der Waals surface area contributed by atoms with E-state index in [4.69, 9.17) is 0 Å². The van der Waals surface area contributed by atoms with Crippen molar-refractivity contribution in [1.29, 1.82) is 0 Å². The minimum absolute atomic E-state index is 0.0804. The van der Waals surface area contributed by atoms with Crippen LogP contribution in [0.3, 0.4) is 0 Å². The number of rotatable bonds is 2. The Morgan fingerprint density at radius 1 is 1.62 bits per heavy atom. The fourth-order valence-corrected chi connectivity index (χ4v) is 1.42. The predicted octanol–water partition coefficient (Wildman–Crippen LogP) is 1.93. The lowest BCUT2D eigenvalue weighted by Gasteiger charge is -2.06. The van der Waals surface area contributed by atoms with Gasteiger partial charge in [-0.05, 0) is 22.6 Å². The molecule has 0 aromatic carbocycles. The van der Waals surface area contributed by atoms with Crippen LogP contribution in [0.15, 0.2) is 10.9 Å². The molecule has 0 saturated carbocycles. The van der Waals surface area contributed by atoms with Crippen molar-refractivity contribution in [3.8, 4) is 5.75 Å². The zero-order chi connectivity index (χ0) is 10.0. The summed E-state index contributed by atoms with van der Waals surface area (Å²) in [4.78, 5) is 13.3. The number of hydrogen-bond donors (Lipinski definition) is 1. The average Bonchev–Trinajstić information content (AvgIpc) is 2.01. The van der Waals surface area contributed by atoms with Crippen LogP contribution in [0, 0.1) is 3.70 Å². The van der Waals surface area contributed by atoms with Gasteiger partial charge in [0.05, 0.1) is 10.8 Å². The minimum Gasteiger partial charge on any atom is -0.496 e. The predicted molar refractivity (Wildman–Crippen MR) is 51.3 cm³/mol. The summed E-state index contributed by atoms with van der Waals surface area (Å²) in [5.74, 6) is -0.0804. The Kier molecular flexibility index (Phi) is 3.23. The highest BCUT2D eigenvalue weighted by atomic mass is 127. The van der Waals surface area contributed by atoms with E-state index in [0.717, 1.165) is 0 Å². The highest BCUT2D eigenvalue weighted by Crippen LogP contribution is 2.25. The van der Waals surface area contributed by atoms with Gasteiger partial charge in [0.2, 0.25) is 0 Å². The van der Waals surface area contributed by atoms with Gasteiger partial charge in [0.15, 0.2) is 0 Å². The number of H-pyrrole nitrogens is 1.